The van der Waals surface area contributed by atoms with E-state index in [1.54, 1.807) is 24.7 Å². The average molecular weight is 477 g/mol. The lowest BCUT2D eigenvalue weighted by atomic mass is 9.95. The summed E-state index contributed by atoms with van der Waals surface area (Å²) in [5.41, 5.74) is 3.58. The summed E-state index contributed by atoms with van der Waals surface area (Å²) < 4.78 is 15.4. The van der Waals surface area contributed by atoms with Crippen LogP contribution in [0.15, 0.2) is 61.1 Å². The van der Waals surface area contributed by atoms with Crippen LogP contribution in [0.3, 0.4) is 0 Å². The number of rotatable bonds is 5. The van der Waals surface area contributed by atoms with Crippen LogP contribution in [0.1, 0.15) is 54.7 Å². The fraction of sp³-hybridized carbons (Fsp3) is 0.429. The van der Waals surface area contributed by atoms with Crippen molar-refractivity contribution in [2.24, 2.45) is 0 Å². The van der Waals surface area contributed by atoms with Crippen molar-refractivity contribution in [1.82, 2.24) is 19.4 Å². The van der Waals surface area contributed by atoms with Crippen LogP contribution >= 0.6 is 0 Å². The lowest BCUT2D eigenvalue weighted by molar-refractivity contribution is 0.0238. The molecule has 0 bridgehead atoms. The van der Waals surface area contributed by atoms with E-state index in [9.17, 15) is 14.3 Å². The van der Waals surface area contributed by atoms with Crippen LogP contribution in [0.2, 0.25) is 0 Å². The number of aliphatic hydroxyl groups is 1. The zero-order valence-electron chi connectivity index (χ0n) is 20.2. The maximum absolute atomic E-state index is 13.5. The molecule has 0 saturated carbocycles. The fourth-order valence-corrected chi connectivity index (χ4v) is 5.59. The zero-order chi connectivity index (χ0) is 24.4. The Morgan fingerprint density at radius 1 is 1.06 bits per heavy atom. The summed E-state index contributed by atoms with van der Waals surface area (Å²) in [7, 11) is 0. The SMILES string of the molecule is C[C@@H](c1ccccc1-c1ccc(F)cc1)n1cncc1C(=O)N1CCC(N2CCC[C@H](O)C2)CC1. The Hall–Kier alpha value is -3.03. The summed E-state index contributed by atoms with van der Waals surface area (Å²) in [5.74, 6) is -0.257. The molecule has 2 aliphatic heterocycles. The smallest absolute Gasteiger partial charge is 0.272 e. The third-order valence-corrected chi connectivity index (χ3v) is 7.56. The van der Waals surface area contributed by atoms with Crippen molar-refractivity contribution in [3.05, 3.63) is 78.1 Å². The second-order valence-corrected chi connectivity index (χ2v) is 9.77. The van der Waals surface area contributed by atoms with E-state index >= 15 is 0 Å². The van der Waals surface area contributed by atoms with E-state index in [0.29, 0.717) is 24.8 Å². The molecule has 2 aromatic carbocycles. The number of benzene rings is 2. The molecule has 1 amide bonds. The van der Waals surface area contributed by atoms with Crippen molar-refractivity contribution in [3.63, 3.8) is 0 Å². The molecule has 7 heteroatoms. The molecular formula is C28H33FN4O2. The molecule has 0 radical (unpaired) electrons. The number of hydrogen-bond donors (Lipinski definition) is 1. The molecule has 5 rings (SSSR count). The van der Waals surface area contributed by atoms with Gasteiger partial charge < -0.3 is 14.6 Å². The Kier molecular flexibility index (Phi) is 6.97. The lowest BCUT2D eigenvalue weighted by Gasteiger charge is -2.41. The highest BCUT2D eigenvalue weighted by Crippen LogP contribution is 2.31. The molecule has 3 heterocycles. The monoisotopic (exact) mass is 476 g/mol. The van der Waals surface area contributed by atoms with Crippen molar-refractivity contribution in [2.45, 2.75) is 50.8 Å². The van der Waals surface area contributed by atoms with E-state index in [0.717, 1.165) is 55.5 Å². The van der Waals surface area contributed by atoms with E-state index < -0.39 is 0 Å². The molecule has 2 atom stereocenters. The standard InChI is InChI=1S/C28H33FN4O2/c1-20(25-6-2-3-7-26(25)21-8-10-22(29)11-9-21)33-19-30-17-27(33)28(35)31-15-12-23(13-16-31)32-14-4-5-24(34)18-32/h2-3,6-11,17,19-20,23-24,34H,4-5,12-16,18H2,1H3/t20-,24-/m0/s1. The number of likely N-dealkylation sites (tertiary alicyclic amines) is 2. The molecule has 2 fully saturated rings. The number of amides is 1. The van der Waals surface area contributed by atoms with Gasteiger partial charge in [0.1, 0.15) is 11.5 Å². The summed E-state index contributed by atoms with van der Waals surface area (Å²) in [5, 5.41) is 10.0. The fourth-order valence-electron chi connectivity index (χ4n) is 5.59. The first-order valence-electron chi connectivity index (χ1n) is 12.6. The quantitative estimate of drug-likeness (QED) is 0.595. The number of hydrogen-bond acceptors (Lipinski definition) is 4. The number of aliphatic hydroxyl groups excluding tert-OH is 1. The van der Waals surface area contributed by atoms with Crippen LogP contribution < -0.4 is 0 Å². The van der Waals surface area contributed by atoms with Gasteiger partial charge in [-0.25, -0.2) is 9.37 Å². The minimum atomic E-state index is -0.262. The minimum Gasteiger partial charge on any atom is -0.392 e. The predicted molar refractivity (Wildman–Crippen MR) is 134 cm³/mol. The highest BCUT2D eigenvalue weighted by atomic mass is 19.1. The lowest BCUT2D eigenvalue weighted by Crippen LogP contribution is -2.50. The van der Waals surface area contributed by atoms with Gasteiger partial charge >= 0.3 is 0 Å². The summed E-state index contributed by atoms with van der Waals surface area (Å²) >= 11 is 0. The number of nitrogens with zero attached hydrogens (tertiary/aromatic N) is 4. The molecule has 3 aromatic rings. The maximum atomic E-state index is 13.5. The topological polar surface area (TPSA) is 61.6 Å². The Morgan fingerprint density at radius 3 is 2.54 bits per heavy atom. The third kappa shape index (κ3) is 5.02. The van der Waals surface area contributed by atoms with Crippen LogP contribution in [-0.4, -0.2) is 68.7 Å². The van der Waals surface area contributed by atoms with E-state index in [1.165, 1.54) is 12.1 Å². The number of carbonyl (C=O) groups excluding carboxylic acids is 1. The molecule has 6 nitrogen and oxygen atoms in total. The van der Waals surface area contributed by atoms with Gasteiger partial charge in [0.2, 0.25) is 0 Å². The van der Waals surface area contributed by atoms with Crippen molar-refractivity contribution in [1.29, 1.82) is 0 Å². The number of carbonyl (C=O) groups is 1. The van der Waals surface area contributed by atoms with Gasteiger partial charge in [-0.05, 0) is 68.0 Å². The number of aromatic nitrogens is 2. The molecule has 0 spiro atoms. The second-order valence-electron chi connectivity index (χ2n) is 9.77. The van der Waals surface area contributed by atoms with Gasteiger partial charge in [-0.3, -0.25) is 9.69 Å². The van der Waals surface area contributed by atoms with Gasteiger partial charge in [-0.2, -0.15) is 0 Å². The second kappa shape index (κ2) is 10.3. The van der Waals surface area contributed by atoms with Gasteiger partial charge in [0.25, 0.3) is 5.91 Å². The van der Waals surface area contributed by atoms with Crippen LogP contribution in [0.25, 0.3) is 11.1 Å². The van der Waals surface area contributed by atoms with Gasteiger partial charge in [-0.15, -0.1) is 0 Å². The molecular weight excluding hydrogens is 443 g/mol. The summed E-state index contributed by atoms with van der Waals surface area (Å²) in [6.45, 7) is 5.27. The van der Waals surface area contributed by atoms with Crippen molar-refractivity contribution >= 4 is 5.91 Å². The summed E-state index contributed by atoms with van der Waals surface area (Å²) in [6.07, 6.45) is 6.94. The van der Waals surface area contributed by atoms with Crippen molar-refractivity contribution in [2.75, 3.05) is 26.2 Å². The minimum absolute atomic E-state index is 0.00532. The largest absolute Gasteiger partial charge is 0.392 e. The Balaban J connectivity index is 1.31. The van der Waals surface area contributed by atoms with E-state index in [2.05, 4.69) is 22.9 Å². The predicted octanol–water partition coefficient (Wildman–Crippen LogP) is 4.36. The van der Waals surface area contributed by atoms with Crippen LogP contribution in [0.4, 0.5) is 4.39 Å². The molecule has 1 aromatic heterocycles. The van der Waals surface area contributed by atoms with Crippen LogP contribution in [0, 0.1) is 5.82 Å². The van der Waals surface area contributed by atoms with Gasteiger partial charge in [0, 0.05) is 25.7 Å². The molecule has 0 aliphatic carbocycles. The molecule has 184 valence electrons. The van der Waals surface area contributed by atoms with Crippen molar-refractivity contribution in [3.8, 4) is 11.1 Å². The van der Waals surface area contributed by atoms with Crippen LogP contribution in [-0.2, 0) is 0 Å². The highest BCUT2D eigenvalue weighted by Gasteiger charge is 2.31. The summed E-state index contributed by atoms with van der Waals surface area (Å²) in [4.78, 5) is 22.2. The Morgan fingerprint density at radius 2 is 1.80 bits per heavy atom. The van der Waals surface area contributed by atoms with Gasteiger partial charge in [0.05, 0.1) is 24.7 Å². The molecule has 35 heavy (non-hydrogen) atoms. The van der Waals surface area contributed by atoms with Crippen LogP contribution in [0.5, 0.6) is 0 Å². The van der Waals surface area contributed by atoms with Gasteiger partial charge in [-0.1, -0.05) is 36.4 Å². The van der Waals surface area contributed by atoms with Crippen molar-refractivity contribution < 1.29 is 14.3 Å². The normalized spacial score (nSPS) is 20.7. The number of piperidine rings is 2. The Bertz CT molecular complexity index is 1150. The van der Waals surface area contributed by atoms with Gasteiger partial charge in [0.15, 0.2) is 0 Å². The van der Waals surface area contributed by atoms with E-state index in [4.69, 9.17) is 0 Å². The maximum Gasteiger partial charge on any atom is 0.272 e. The molecule has 2 saturated heterocycles. The summed E-state index contributed by atoms with van der Waals surface area (Å²) in [6, 6.07) is 14.9. The third-order valence-electron chi connectivity index (χ3n) is 7.56. The highest BCUT2D eigenvalue weighted by molar-refractivity contribution is 5.92. The molecule has 2 aliphatic rings. The average Bonchev–Trinajstić information content (AvgIpc) is 3.38. The number of halogens is 1. The molecule has 1 N–H and O–H groups in total. The zero-order valence-corrected chi connectivity index (χ0v) is 20.2. The Labute approximate surface area is 206 Å². The van der Waals surface area contributed by atoms with E-state index in [1.807, 2.05) is 27.7 Å². The first-order valence-corrected chi connectivity index (χ1v) is 12.6. The first kappa shape index (κ1) is 23.7. The first-order chi connectivity index (χ1) is 17.0. The number of imidazole rings is 1. The molecule has 0 unspecified atom stereocenters. The van der Waals surface area contributed by atoms with E-state index in [-0.39, 0.29) is 23.9 Å². The number of β-amino-alcohol motifs (C(OH)–C–C–N with tert-alkyl or cyclic N) is 1.